The van der Waals surface area contributed by atoms with Crippen LogP contribution in [0.15, 0.2) is 52.4 Å². The van der Waals surface area contributed by atoms with Crippen LogP contribution in [0, 0.1) is 0 Å². The molecule has 1 amide bonds. The Hall–Kier alpha value is -3.46. The quantitative estimate of drug-likeness (QED) is 0.400. The lowest BCUT2D eigenvalue weighted by molar-refractivity contribution is -0.142. The van der Waals surface area contributed by atoms with Gasteiger partial charge in [-0.2, -0.15) is 0 Å². The Morgan fingerprint density at radius 2 is 1.82 bits per heavy atom. The van der Waals surface area contributed by atoms with Crippen molar-refractivity contribution in [2.24, 2.45) is 4.99 Å². The van der Waals surface area contributed by atoms with E-state index in [-0.39, 0.29) is 12.5 Å². The molecule has 8 nitrogen and oxygen atoms in total. The first-order chi connectivity index (χ1) is 16.0. The molecule has 174 valence electrons. The van der Waals surface area contributed by atoms with Crippen LogP contribution in [0.25, 0.3) is 6.08 Å². The lowest BCUT2D eigenvalue weighted by Gasteiger charge is -2.12. The molecule has 1 aliphatic rings. The third kappa shape index (κ3) is 6.07. The van der Waals surface area contributed by atoms with Crippen LogP contribution in [0.1, 0.15) is 19.4 Å². The molecule has 0 aliphatic carbocycles. The third-order valence-electron chi connectivity index (χ3n) is 4.64. The van der Waals surface area contributed by atoms with E-state index in [9.17, 15) is 9.59 Å². The van der Waals surface area contributed by atoms with Crippen LogP contribution in [-0.2, 0) is 14.3 Å². The highest BCUT2D eigenvalue weighted by Gasteiger charge is 2.32. The number of amidine groups is 1. The minimum absolute atomic E-state index is 0.112. The fraction of sp³-hybridized carbons (Fsp3) is 0.292. The standard InChI is InChI=1S/C24H26N2O6S/c1-5-26-23(28)21(33-24(26)25-17-8-10-18(29-3)11-9-17)14-16-7-12-19(20(13-16)31-6-2)32-15-22(27)30-4/h7-14H,5-6,15H2,1-4H3. The minimum Gasteiger partial charge on any atom is -0.497 e. The van der Waals surface area contributed by atoms with Crippen LogP contribution >= 0.6 is 11.8 Å². The number of benzene rings is 2. The molecule has 33 heavy (non-hydrogen) atoms. The van der Waals surface area contributed by atoms with Gasteiger partial charge < -0.3 is 18.9 Å². The lowest BCUT2D eigenvalue weighted by atomic mass is 10.2. The predicted molar refractivity (Wildman–Crippen MR) is 128 cm³/mol. The van der Waals surface area contributed by atoms with Gasteiger partial charge in [-0.15, -0.1) is 0 Å². The number of methoxy groups -OCH3 is 2. The van der Waals surface area contributed by atoms with Crippen molar-refractivity contribution in [1.29, 1.82) is 0 Å². The van der Waals surface area contributed by atoms with E-state index in [1.54, 1.807) is 36.3 Å². The van der Waals surface area contributed by atoms with E-state index in [1.807, 2.05) is 38.1 Å². The normalized spacial score (nSPS) is 15.8. The molecule has 1 fully saturated rings. The smallest absolute Gasteiger partial charge is 0.343 e. The largest absolute Gasteiger partial charge is 0.497 e. The van der Waals surface area contributed by atoms with Crippen molar-refractivity contribution in [2.45, 2.75) is 13.8 Å². The fourth-order valence-corrected chi connectivity index (χ4v) is 4.05. The molecule has 0 bridgehead atoms. The van der Waals surface area contributed by atoms with Crippen molar-refractivity contribution in [2.75, 3.05) is 34.0 Å². The molecule has 0 radical (unpaired) electrons. The summed E-state index contributed by atoms with van der Waals surface area (Å²) in [6.45, 7) is 4.47. The van der Waals surface area contributed by atoms with E-state index >= 15 is 0 Å². The number of rotatable bonds is 9. The molecule has 0 unspecified atom stereocenters. The second-order valence-electron chi connectivity index (χ2n) is 6.76. The van der Waals surface area contributed by atoms with Gasteiger partial charge in [0.25, 0.3) is 5.91 Å². The topological polar surface area (TPSA) is 86.7 Å². The first-order valence-corrected chi connectivity index (χ1v) is 11.2. The molecular formula is C24H26N2O6S. The lowest BCUT2D eigenvalue weighted by Crippen LogP contribution is -2.28. The number of amides is 1. The number of esters is 1. The molecule has 0 N–H and O–H groups in total. The molecular weight excluding hydrogens is 444 g/mol. The summed E-state index contributed by atoms with van der Waals surface area (Å²) in [7, 11) is 2.91. The summed E-state index contributed by atoms with van der Waals surface area (Å²) >= 11 is 1.31. The van der Waals surface area contributed by atoms with Crippen LogP contribution in [0.4, 0.5) is 5.69 Å². The summed E-state index contributed by atoms with van der Waals surface area (Å²) in [5.41, 5.74) is 1.50. The summed E-state index contributed by atoms with van der Waals surface area (Å²) in [5.74, 6) is 1.04. The highest BCUT2D eigenvalue weighted by atomic mass is 32.2. The van der Waals surface area contributed by atoms with Gasteiger partial charge in [-0.05, 0) is 73.6 Å². The number of thioether (sulfide) groups is 1. The first-order valence-electron chi connectivity index (χ1n) is 10.4. The summed E-state index contributed by atoms with van der Waals surface area (Å²) in [6.07, 6.45) is 1.79. The van der Waals surface area contributed by atoms with E-state index in [1.165, 1.54) is 18.9 Å². The fourth-order valence-electron chi connectivity index (χ4n) is 2.99. The van der Waals surface area contributed by atoms with Crippen molar-refractivity contribution in [3.63, 3.8) is 0 Å². The molecule has 9 heteroatoms. The number of carbonyl (C=O) groups is 2. The van der Waals surface area contributed by atoms with Gasteiger partial charge in [0.1, 0.15) is 5.75 Å². The Morgan fingerprint density at radius 1 is 1.06 bits per heavy atom. The molecule has 0 saturated carbocycles. The number of hydrogen-bond acceptors (Lipinski definition) is 8. The average Bonchev–Trinajstić information content (AvgIpc) is 3.12. The Kier molecular flexibility index (Phi) is 8.37. The van der Waals surface area contributed by atoms with Crippen LogP contribution < -0.4 is 14.2 Å². The molecule has 1 saturated heterocycles. The maximum Gasteiger partial charge on any atom is 0.343 e. The van der Waals surface area contributed by atoms with E-state index < -0.39 is 5.97 Å². The van der Waals surface area contributed by atoms with Crippen molar-refractivity contribution in [1.82, 2.24) is 4.90 Å². The van der Waals surface area contributed by atoms with Crippen LogP contribution in [0.2, 0.25) is 0 Å². The van der Waals surface area contributed by atoms with Crippen LogP contribution in [0.3, 0.4) is 0 Å². The molecule has 1 heterocycles. The zero-order valence-corrected chi connectivity index (χ0v) is 19.8. The van der Waals surface area contributed by atoms with Crippen molar-refractivity contribution >= 4 is 40.6 Å². The molecule has 3 rings (SSSR count). The molecule has 0 atom stereocenters. The SMILES string of the molecule is CCOc1cc(C=C2SC(=Nc3ccc(OC)cc3)N(CC)C2=O)ccc1OCC(=O)OC. The molecule has 2 aromatic rings. The Labute approximate surface area is 197 Å². The van der Waals surface area contributed by atoms with Crippen LogP contribution in [-0.4, -0.2) is 55.9 Å². The summed E-state index contributed by atoms with van der Waals surface area (Å²) < 4.78 is 20.9. The summed E-state index contributed by atoms with van der Waals surface area (Å²) in [4.78, 5) is 31.2. The Bertz CT molecular complexity index is 1070. The van der Waals surface area contributed by atoms with Gasteiger partial charge in [0, 0.05) is 6.54 Å². The highest BCUT2D eigenvalue weighted by Crippen LogP contribution is 2.36. The van der Waals surface area contributed by atoms with E-state index in [4.69, 9.17) is 14.2 Å². The second kappa shape index (κ2) is 11.4. The zero-order chi connectivity index (χ0) is 23.8. The molecule has 1 aliphatic heterocycles. The van der Waals surface area contributed by atoms with E-state index in [0.29, 0.717) is 34.7 Å². The van der Waals surface area contributed by atoms with Gasteiger partial charge in [-0.25, -0.2) is 9.79 Å². The summed E-state index contributed by atoms with van der Waals surface area (Å²) in [6, 6.07) is 12.6. The zero-order valence-electron chi connectivity index (χ0n) is 19.0. The third-order valence-corrected chi connectivity index (χ3v) is 5.65. The van der Waals surface area contributed by atoms with Crippen molar-refractivity contribution in [3.05, 3.63) is 52.9 Å². The number of ether oxygens (including phenoxy) is 4. The number of likely N-dealkylation sites (N-methyl/N-ethyl adjacent to an activating group) is 1. The predicted octanol–water partition coefficient (Wildman–Crippen LogP) is 4.27. The van der Waals surface area contributed by atoms with E-state index in [2.05, 4.69) is 9.73 Å². The maximum atomic E-state index is 13.0. The van der Waals surface area contributed by atoms with Gasteiger partial charge >= 0.3 is 5.97 Å². The average molecular weight is 471 g/mol. The second-order valence-corrected chi connectivity index (χ2v) is 7.77. The maximum absolute atomic E-state index is 13.0. The summed E-state index contributed by atoms with van der Waals surface area (Å²) in [5, 5.41) is 0.613. The monoisotopic (exact) mass is 470 g/mol. The number of hydrogen-bond donors (Lipinski definition) is 0. The van der Waals surface area contributed by atoms with Gasteiger partial charge in [0.2, 0.25) is 0 Å². The molecule has 0 aromatic heterocycles. The van der Waals surface area contributed by atoms with Gasteiger partial charge in [0.05, 0.1) is 31.4 Å². The molecule has 2 aromatic carbocycles. The van der Waals surface area contributed by atoms with Crippen molar-refractivity contribution in [3.8, 4) is 17.2 Å². The van der Waals surface area contributed by atoms with Gasteiger partial charge in [-0.1, -0.05) is 6.07 Å². The number of carbonyl (C=O) groups excluding carboxylic acids is 2. The number of nitrogens with zero attached hydrogens (tertiary/aromatic N) is 2. The first kappa shape index (κ1) is 24.2. The highest BCUT2D eigenvalue weighted by molar-refractivity contribution is 8.18. The minimum atomic E-state index is -0.486. The number of aliphatic imine (C=N–C) groups is 1. The Balaban J connectivity index is 1.85. The van der Waals surface area contributed by atoms with Crippen LogP contribution in [0.5, 0.6) is 17.2 Å². The van der Waals surface area contributed by atoms with Gasteiger partial charge in [-0.3, -0.25) is 9.69 Å². The van der Waals surface area contributed by atoms with Gasteiger partial charge in [0.15, 0.2) is 23.3 Å². The van der Waals surface area contributed by atoms with E-state index in [0.717, 1.165) is 17.0 Å². The molecule has 0 spiro atoms. The Morgan fingerprint density at radius 3 is 2.45 bits per heavy atom. The van der Waals surface area contributed by atoms with Crippen molar-refractivity contribution < 1.29 is 28.5 Å².